The number of carbonyl (C=O) groups is 2. The second-order valence-electron chi connectivity index (χ2n) is 9.52. The summed E-state index contributed by atoms with van der Waals surface area (Å²) in [6.07, 6.45) is 1.75. The van der Waals surface area contributed by atoms with E-state index in [1.54, 1.807) is 30.5 Å². The molecular formula is C30H29BrN4O4. The van der Waals surface area contributed by atoms with E-state index in [9.17, 15) is 9.59 Å². The van der Waals surface area contributed by atoms with Gasteiger partial charge in [-0.15, -0.1) is 0 Å². The molecule has 0 aliphatic carbocycles. The predicted octanol–water partition coefficient (Wildman–Crippen LogP) is 5.66. The Hall–Kier alpha value is -3.95. The molecule has 1 aromatic heterocycles. The smallest absolute Gasteiger partial charge is 0.325 e. The van der Waals surface area contributed by atoms with E-state index in [1.807, 2.05) is 62.4 Å². The number of amides is 3. The van der Waals surface area contributed by atoms with Crippen molar-refractivity contribution in [2.24, 2.45) is 0 Å². The number of benzene rings is 3. The van der Waals surface area contributed by atoms with Crippen molar-refractivity contribution in [3.63, 3.8) is 0 Å². The zero-order valence-electron chi connectivity index (χ0n) is 21.6. The van der Waals surface area contributed by atoms with Crippen molar-refractivity contribution in [3.05, 3.63) is 106 Å². The zero-order chi connectivity index (χ0) is 27.5. The molecule has 0 spiro atoms. The average Bonchev–Trinajstić information content (AvgIpc) is 3.53. The van der Waals surface area contributed by atoms with E-state index in [2.05, 4.69) is 31.2 Å². The van der Waals surface area contributed by atoms with Crippen molar-refractivity contribution in [2.75, 3.05) is 13.2 Å². The quantitative estimate of drug-likeness (QED) is 0.219. The number of carbonyl (C=O) groups excluding carboxylic acids is 2. The van der Waals surface area contributed by atoms with Crippen molar-refractivity contribution >= 4 is 27.9 Å². The number of aliphatic hydroxyl groups excluding tert-OH is 1. The predicted molar refractivity (Wildman–Crippen MR) is 151 cm³/mol. The number of aryl methyl sites for hydroxylation is 1. The number of ether oxygens (including phenoxy) is 1. The first-order chi connectivity index (χ1) is 18.9. The Morgan fingerprint density at radius 2 is 1.82 bits per heavy atom. The number of hydrogen-bond donors (Lipinski definition) is 3. The molecule has 1 aliphatic heterocycles. The number of nitrogens with one attached hydrogen (secondary N) is 2. The van der Waals surface area contributed by atoms with Gasteiger partial charge in [0.15, 0.2) is 0 Å². The molecule has 3 aromatic carbocycles. The summed E-state index contributed by atoms with van der Waals surface area (Å²) >= 11 is 3.51. The van der Waals surface area contributed by atoms with Gasteiger partial charge in [0.25, 0.3) is 5.91 Å². The minimum atomic E-state index is -0.835. The number of halogens is 1. The number of aromatic nitrogens is 2. The van der Waals surface area contributed by atoms with E-state index >= 15 is 0 Å². The average molecular weight is 589 g/mol. The third-order valence-electron chi connectivity index (χ3n) is 6.98. The summed E-state index contributed by atoms with van der Waals surface area (Å²) < 4.78 is 6.41. The Morgan fingerprint density at radius 3 is 2.51 bits per heavy atom. The molecule has 3 atom stereocenters. The van der Waals surface area contributed by atoms with Gasteiger partial charge in [-0.05, 0) is 47.9 Å². The molecule has 3 N–H and O–H groups in total. The molecule has 1 saturated heterocycles. The van der Waals surface area contributed by atoms with E-state index in [0.717, 1.165) is 26.9 Å². The number of hydrogen-bond acceptors (Lipinski definition) is 5. The molecule has 1 aliphatic rings. The van der Waals surface area contributed by atoms with Crippen LogP contribution in [-0.2, 0) is 4.79 Å². The van der Waals surface area contributed by atoms with Gasteiger partial charge in [-0.25, -0.2) is 9.78 Å². The lowest BCUT2D eigenvalue weighted by Crippen LogP contribution is -2.38. The van der Waals surface area contributed by atoms with Crippen LogP contribution in [0.1, 0.15) is 47.4 Å². The zero-order valence-corrected chi connectivity index (χ0v) is 23.2. The summed E-state index contributed by atoms with van der Waals surface area (Å²) in [5.41, 5.74) is 4.48. The molecule has 39 heavy (non-hydrogen) atoms. The summed E-state index contributed by atoms with van der Waals surface area (Å²) in [7, 11) is 0. The minimum absolute atomic E-state index is 0.0925. The van der Waals surface area contributed by atoms with Crippen molar-refractivity contribution in [3.8, 4) is 17.0 Å². The standard InChI is InChI=1S/C30H29BrN4O4/c1-18-16-22(31)10-13-24(18)25-17-32-28(33-25)27(19(2)20-6-4-3-5-7-20)35-29(37)26(34-30(35)38)21-8-11-23(12-9-21)39-15-14-36/h3-13,16-17,19,26-27,36H,14-15H2,1-2H3,(H,32,33)(H,34,38)/t19-,26+,27?/m0/s1. The van der Waals surface area contributed by atoms with Crippen LogP contribution in [0.4, 0.5) is 4.79 Å². The van der Waals surface area contributed by atoms with Crippen LogP contribution in [0, 0.1) is 6.92 Å². The van der Waals surface area contributed by atoms with Crippen molar-refractivity contribution < 1.29 is 19.4 Å². The molecule has 0 bridgehead atoms. The van der Waals surface area contributed by atoms with Gasteiger partial charge in [0.1, 0.15) is 30.3 Å². The molecule has 2 heterocycles. The first-order valence-electron chi connectivity index (χ1n) is 12.7. The van der Waals surface area contributed by atoms with Gasteiger partial charge >= 0.3 is 6.03 Å². The first kappa shape index (κ1) is 26.6. The van der Waals surface area contributed by atoms with Crippen LogP contribution in [0.2, 0.25) is 0 Å². The number of aromatic amines is 1. The van der Waals surface area contributed by atoms with Crippen molar-refractivity contribution in [2.45, 2.75) is 31.8 Å². The van der Waals surface area contributed by atoms with E-state index in [1.165, 1.54) is 4.90 Å². The van der Waals surface area contributed by atoms with Crippen LogP contribution in [0.5, 0.6) is 5.75 Å². The van der Waals surface area contributed by atoms with Gasteiger partial charge in [0, 0.05) is 16.0 Å². The van der Waals surface area contributed by atoms with Crippen molar-refractivity contribution in [1.29, 1.82) is 0 Å². The molecule has 1 unspecified atom stereocenters. The number of urea groups is 1. The summed E-state index contributed by atoms with van der Waals surface area (Å²) in [4.78, 5) is 36.6. The number of imidazole rings is 1. The maximum atomic E-state index is 13.8. The molecule has 8 nitrogen and oxygen atoms in total. The van der Waals surface area contributed by atoms with Gasteiger partial charge in [-0.2, -0.15) is 0 Å². The number of nitrogens with zero attached hydrogens (tertiary/aromatic N) is 2. The molecular weight excluding hydrogens is 560 g/mol. The minimum Gasteiger partial charge on any atom is -0.491 e. The van der Waals surface area contributed by atoms with Crippen LogP contribution in [0.15, 0.2) is 83.5 Å². The van der Waals surface area contributed by atoms with E-state index in [0.29, 0.717) is 17.1 Å². The molecule has 4 aromatic rings. The summed E-state index contributed by atoms with van der Waals surface area (Å²) in [5, 5.41) is 11.8. The van der Waals surface area contributed by atoms with Gasteiger partial charge in [-0.1, -0.05) is 71.4 Å². The Balaban J connectivity index is 1.50. The van der Waals surface area contributed by atoms with Gasteiger partial charge in [0.05, 0.1) is 18.5 Å². The molecule has 0 saturated carbocycles. The monoisotopic (exact) mass is 588 g/mol. The van der Waals surface area contributed by atoms with Gasteiger partial charge < -0.3 is 20.1 Å². The number of aliphatic hydroxyl groups is 1. The second-order valence-corrected chi connectivity index (χ2v) is 10.4. The van der Waals surface area contributed by atoms with Crippen LogP contribution in [-0.4, -0.2) is 45.1 Å². The third kappa shape index (κ3) is 5.46. The highest BCUT2D eigenvalue weighted by molar-refractivity contribution is 9.10. The number of H-pyrrole nitrogens is 1. The summed E-state index contributed by atoms with van der Waals surface area (Å²) in [6.45, 7) is 4.10. The highest BCUT2D eigenvalue weighted by Gasteiger charge is 2.46. The molecule has 0 radical (unpaired) electrons. The van der Waals surface area contributed by atoms with Crippen LogP contribution in [0.25, 0.3) is 11.3 Å². The fourth-order valence-corrected chi connectivity index (χ4v) is 5.45. The SMILES string of the molecule is Cc1cc(Br)ccc1-c1cnc(C([C@@H](C)c2ccccc2)N2C(=O)N[C@H](c3ccc(OCCO)cc3)C2=O)[nH]1. The number of imide groups is 1. The highest BCUT2D eigenvalue weighted by atomic mass is 79.9. The molecule has 1 fully saturated rings. The van der Waals surface area contributed by atoms with Crippen LogP contribution >= 0.6 is 15.9 Å². The molecule has 9 heteroatoms. The fourth-order valence-electron chi connectivity index (χ4n) is 4.98. The normalized spacial score (nSPS) is 16.7. The molecule has 3 amide bonds. The number of rotatable bonds is 9. The Labute approximate surface area is 235 Å². The van der Waals surface area contributed by atoms with Crippen LogP contribution in [0.3, 0.4) is 0 Å². The lowest BCUT2D eigenvalue weighted by Gasteiger charge is -2.29. The van der Waals surface area contributed by atoms with Crippen LogP contribution < -0.4 is 10.1 Å². The maximum absolute atomic E-state index is 13.8. The highest BCUT2D eigenvalue weighted by Crippen LogP contribution is 2.39. The molecule has 5 rings (SSSR count). The Kier molecular flexibility index (Phi) is 7.81. The Bertz CT molecular complexity index is 1470. The third-order valence-corrected chi connectivity index (χ3v) is 7.47. The first-order valence-corrected chi connectivity index (χ1v) is 13.5. The summed E-state index contributed by atoms with van der Waals surface area (Å²) in [5.74, 6) is 0.512. The largest absolute Gasteiger partial charge is 0.491 e. The van der Waals surface area contributed by atoms with Crippen molar-refractivity contribution in [1.82, 2.24) is 20.2 Å². The van der Waals surface area contributed by atoms with E-state index < -0.39 is 18.1 Å². The van der Waals surface area contributed by atoms with Gasteiger partial charge in [0.2, 0.25) is 0 Å². The van der Waals surface area contributed by atoms with Gasteiger partial charge in [-0.3, -0.25) is 9.69 Å². The maximum Gasteiger partial charge on any atom is 0.325 e. The second kappa shape index (κ2) is 11.4. The van der Waals surface area contributed by atoms with E-state index in [4.69, 9.17) is 9.84 Å². The Morgan fingerprint density at radius 1 is 1.08 bits per heavy atom. The molecule has 200 valence electrons. The lowest BCUT2D eigenvalue weighted by atomic mass is 9.91. The fraction of sp³-hybridized carbons (Fsp3) is 0.233. The summed E-state index contributed by atoms with van der Waals surface area (Å²) in [6, 6.07) is 20.7. The lowest BCUT2D eigenvalue weighted by molar-refractivity contribution is -0.129. The topological polar surface area (TPSA) is 108 Å². The van der Waals surface area contributed by atoms with E-state index in [-0.39, 0.29) is 25.0 Å².